The van der Waals surface area contributed by atoms with Crippen molar-refractivity contribution in [2.24, 2.45) is 0 Å². The number of nitrogens with one attached hydrogen (secondary N) is 1. The van der Waals surface area contributed by atoms with Crippen molar-refractivity contribution in [1.82, 2.24) is 15.1 Å². The second-order valence-corrected chi connectivity index (χ2v) is 5.00. The number of thioether (sulfide) groups is 1. The summed E-state index contributed by atoms with van der Waals surface area (Å²) in [4.78, 5) is 0. The van der Waals surface area contributed by atoms with Crippen LogP contribution < -0.4 is 5.32 Å². The SMILES string of the molecule is C=Cn1cc(CNC2CCSCC2)cn1. The molecule has 1 N–H and O–H groups in total. The lowest BCUT2D eigenvalue weighted by atomic mass is 10.1. The lowest BCUT2D eigenvalue weighted by Crippen LogP contribution is -2.31. The normalized spacial score (nSPS) is 17.9. The molecular weight excluding hydrogens is 206 g/mol. The first-order valence-electron chi connectivity index (χ1n) is 5.35. The molecule has 0 saturated carbocycles. The minimum atomic E-state index is 0.693. The van der Waals surface area contributed by atoms with Crippen molar-refractivity contribution < 1.29 is 0 Å². The van der Waals surface area contributed by atoms with Gasteiger partial charge in [-0.2, -0.15) is 16.9 Å². The van der Waals surface area contributed by atoms with Gasteiger partial charge in [0.25, 0.3) is 0 Å². The van der Waals surface area contributed by atoms with Crippen LogP contribution >= 0.6 is 11.8 Å². The molecule has 0 radical (unpaired) electrons. The quantitative estimate of drug-likeness (QED) is 0.846. The average Bonchev–Trinajstić information content (AvgIpc) is 2.76. The Kier molecular flexibility index (Phi) is 3.86. The fourth-order valence-electron chi connectivity index (χ4n) is 1.73. The Hall–Kier alpha value is -0.740. The van der Waals surface area contributed by atoms with Crippen molar-refractivity contribution in [3.05, 3.63) is 24.5 Å². The summed E-state index contributed by atoms with van der Waals surface area (Å²) in [6.07, 6.45) is 8.20. The monoisotopic (exact) mass is 223 g/mol. The van der Waals surface area contributed by atoms with Crippen molar-refractivity contribution in [2.45, 2.75) is 25.4 Å². The van der Waals surface area contributed by atoms with Crippen molar-refractivity contribution in [3.8, 4) is 0 Å². The number of nitrogens with zero attached hydrogens (tertiary/aromatic N) is 2. The standard InChI is InChI=1S/C11H17N3S/c1-2-14-9-10(8-13-14)7-12-11-3-5-15-6-4-11/h2,8-9,11-12H,1,3-7H2. The van der Waals surface area contributed by atoms with E-state index < -0.39 is 0 Å². The Labute approximate surface area is 94.9 Å². The van der Waals surface area contributed by atoms with Gasteiger partial charge in [-0.1, -0.05) is 6.58 Å². The van der Waals surface area contributed by atoms with Gasteiger partial charge in [0.1, 0.15) is 0 Å². The van der Waals surface area contributed by atoms with Crippen molar-refractivity contribution >= 4 is 18.0 Å². The topological polar surface area (TPSA) is 29.9 Å². The molecule has 1 saturated heterocycles. The predicted molar refractivity (Wildman–Crippen MR) is 65.8 cm³/mol. The first-order valence-corrected chi connectivity index (χ1v) is 6.50. The van der Waals surface area contributed by atoms with Gasteiger partial charge < -0.3 is 5.32 Å². The van der Waals surface area contributed by atoms with E-state index >= 15 is 0 Å². The molecule has 3 nitrogen and oxygen atoms in total. The molecule has 1 fully saturated rings. The van der Waals surface area contributed by atoms with Crippen LogP contribution in [0.15, 0.2) is 19.0 Å². The molecule has 0 aromatic carbocycles. The first kappa shape index (κ1) is 10.8. The molecule has 0 spiro atoms. The number of hydrogen-bond acceptors (Lipinski definition) is 3. The largest absolute Gasteiger partial charge is 0.310 e. The summed E-state index contributed by atoms with van der Waals surface area (Å²) >= 11 is 2.06. The summed E-state index contributed by atoms with van der Waals surface area (Å²) in [5, 5.41) is 7.73. The average molecular weight is 223 g/mol. The molecule has 2 heterocycles. The highest BCUT2D eigenvalue weighted by atomic mass is 32.2. The zero-order valence-corrected chi connectivity index (χ0v) is 9.67. The van der Waals surface area contributed by atoms with Crippen LogP contribution in [0.4, 0.5) is 0 Å². The highest BCUT2D eigenvalue weighted by molar-refractivity contribution is 7.99. The molecule has 4 heteroatoms. The van der Waals surface area contributed by atoms with Gasteiger partial charge in [0.05, 0.1) is 6.20 Å². The third-order valence-electron chi connectivity index (χ3n) is 2.66. The molecule has 82 valence electrons. The van der Waals surface area contributed by atoms with E-state index in [2.05, 4.69) is 28.8 Å². The highest BCUT2D eigenvalue weighted by Gasteiger charge is 2.12. The molecule has 0 amide bonds. The lowest BCUT2D eigenvalue weighted by Gasteiger charge is -2.22. The molecular formula is C11H17N3S. The maximum Gasteiger partial charge on any atom is 0.0538 e. The summed E-state index contributed by atoms with van der Waals surface area (Å²) in [7, 11) is 0. The third kappa shape index (κ3) is 3.11. The Morgan fingerprint density at radius 1 is 1.60 bits per heavy atom. The molecule has 15 heavy (non-hydrogen) atoms. The molecule has 0 unspecified atom stereocenters. The van der Waals surface area contributed by atoms with Gasteiger partial charge in [0.2, 0.25) is 0 Å². The lowest BCUT2D eigenvalue weighted by molar-refractivity contribution is 0.482. The molecule has 0 bridgehead atoms. The second-order valence-electron chi connectivity index (χ2n) is 3.78. The van der Waals surface area contributed by atoms with E-state index in [1.54, 1.807) is 10.9 Å². The minimum Gasteiger partial charge on any atom is -0.310 e. The van der Waals surface area contributed by atoms with E-state index in [9.17, 15) is 0 Å². The summed E-state index contributed by atoms with van der Waals surface area (Å²) in [5.74, 6) is 2.59. The fraction of sp³-hybridized carbons (Fsp3) is 0.545. The summed E-state index contributed by atoms with van der Waals surface area (Å²) in [6, 6.07) is 0.693. The molecule has 0 aliphatic carbocycles. The van der Waals surface area contributed by atoms with Crippen LogP contribution in [-0.4, -0.2) is 27.3 Å². The third-order valence-corrected chi connectivity index (χ3v) is 3.71. The van der Waals surface area contributed by atoms with E-state index in [-0.39, 0.29) is 0 Å². The van der Waals surface area contributed by atoms with Gasteiger partial charge in [-0.3, -0.25) is 0 Å². The maximum absolute atomic E-state index is 4.15. The van der Waals surface area contributed by atoms with Gasteiger partial charge in [0, 0.05) is 30.5 Å². The molecule has 1 aliphatic rings. The van der Waals surface area contributed by atoms with Gasteiger partial charge in [-0.25, -0.2) is 4.68 Å². The Bertz CT molecular complexity index is 315. The van der Waals surface area contributed by atoms with Crippen LogP contribution in [0.25, 0.3) is 6.20 Å². The molecule has 1 aromatic heterocycles. The van der Waals surface area contributed by atoms with Crippen LogP contribution in [0.1, 0.15) is 18.4 Å². The smallest absolute Gasteiger partial charge is 0.0538 e. The predicted octanol–water partition coefficient (Wildman–Crippen LogP) is 1.97. The minimum absolute atomic E-state index is 0.693. The van der Waals surface area contributed by atoms with Crippen LogP contribution in [0, 0.1) is 0 Å². The van der Waals surface area contributed by atoms with Crippen molar-refractivity contribution in [3.63, 3.8) is 0 Å². The van der Waals surface area contributed by atoms with E-state index in [0.29, 0.717) is 6.04 Å². The highest BCUT2D eigenvalue weighted by Crippen LogP contribution is 2.17. The zero-order chi connectivity index (χ0) is 10.5. The zero-order valence-electron chi connectivity index (χ0n) is 8.85. The van der Waals surface area contributed by atoms with E-state index in [1.807, 2.05) is 12.4 Å². The molecule has 0 atom stereocenters. The first-order chi connectivity index (χ1) is 7.38. The number of aromatic nitrogens is 2. The second kappa shape index (κ2) is 5.37. The summed E-state index contributed by atoms with van der Waals surface area (Å²) in [6.45, 7) is 4.59. The summed E-state index contributed by atoms with van der Waals surface area (Å²) < 4.78 is 1.74. The van der Waals surface area contributed by atoms with Gasteiger partial charge >= 0.3 is 0 Å². The summed E-state index contributed by atoms with van der Waals surface area (Å²) in [5.41, 5.74) is 1.23. The van der Waals surface area contributed by atoms with Crippen LogP contribution in [0.2, 0.25) is 0 Å². The Morgan fingerprint density at radius 3 is 3.07 bits per heavy atom. The molecule has 1 aliphatic heterocycles. The van der Waals surface area contributed by atoms with E-state index in [1.165, 1.54) is 29.9 Å². The van der Waals surface area contributed by atoms with Crippen LogP contribution in [0.3, 0.4) is 0 Å². The molecule has 1 aromatic rings. The van der Waals surface area contributed by atoms with E-state index in [4.69, 9.17) is 0 Å². The number of hydrogen-bond donors (Lipinski definition) is 1. The van der Waals surface area contributed by atoms with Crippen LogP contribution in [0.5, 0.6) is 0 Å². The van der Waals surface area contributed by atoms with Gasteiger partial charge in [-0.05, 0) is 24.3 Å². The fourth-order valence-corrected chi connectivity index (χ4v) is 2.84. The Balaban J connectivity index is 1.79. The van der Waals surface area contributed by atoms with E-state index in [0.717, 1.165) is 6.54 Å². The number of rotatable bonds is 4. The Morgan fingerprint density at radius 2 is 2.40 bits per heavy atom. The molecule has 2 rings (SSSR count). The van der Waals surface area contributed by atoms with Crippen molar-refractivity contribution in [2.75, 3.05) is 11.5 Å². The van der Waals surface area contributed by atoms with Crippen molar-refractivity contribution in [1.29, 1.82) is 0 Å². The maximum atomic E-state index is 4.15. The van der Waals surface area contributed by atoms with Crippen LogP contribution in [-0.2, 0) is 6.54 Å². The van der Waals surface area contributed by atoms with Gasteiger partial charge in [-0.15, -0.1) is 0 Å². The van der Waals surface area contributed by atoms with Gasteiger partial charge in [0.15, 0.2) is 0 Å².